The van der Waals surface area contributed by atoms with Crippen LogP contribution in [0.4, 0.5) is 33.7 Å². The zero-order valence-electron chi connectivity index (χ0n) is 62.1. The zero-order valence-corrected chi connectivity index (χ0v) is 62.1. The number of ether oxygens (including phenoxy) is 2. The monoisotopic (exact) mass is 1460 g/mol. The highest BCUT2D eigenvalue weighted by Gasteiger charge is 2.57. The average molecular weight is 1460 g/mol. The van der Waals surface area contributed by atoms with E-state index in [1.165, 1.54) is 57.6 Å². The van der Waals surface area contributed by atoms with Gasteiger partial charge in [0, 0.05) is 120 Å². The molecule has 4 saturated carbocycles. The molecule has 6 aromatic rings. The number of fused-ring (bicyclic) bond motifs is 12. The molecule has 4 bridgehead atoms. The first-order valence-corrected chi connectivity index (χ1v) is 39.3. The molecule has 8 aliphatic heterocycles. The number of nitrogens with one attached hydrogen (secondary N) is 3. The molecule has 2 spiro atoms. The van der Waals surface area contributed by atoms with Crippen LogP contribution in [0.2, 0.25) is 0 Å². The highest BCUT2D eigenvalue weighted by atomic mass is 19.3. The van der Waals surface area contributed by atoms with Crippen LogP contribution in [0.25, 0.3) is 55.7 Å². The van der Waals surface area contributed by atoms with E-state index >= 15 is 17.6 Å². The number of rotatable bonds is 15. The minimum absolute atomic E-state index is 0.00470. The molecule has 3 N–H and O–H groups in total. The van der Waals surface area contributed by atoms with Crippen LogP contribution in [0.15, 0.2) is 142 Å². The Bertz CT molecular complexity index is 5060. The number of methoxy groups -OCH3 is 2. The van der Waals surface area contributed by atoms with E-state index in [0.29, 0.717) is 88.1 Å². The van der Waals surface area contributed by atoms with E-state index in [4.69, 9.17) is 29.4 Å². The number of alkyl halides is 4. The second-order valence-corrected chi connectivity index (χ2v) is 34.5. The van der Waals surface area contributed by atoms with Gasteiger partial charge in [-0.25, -0.2) is 4.79 Å². The number of piperidine rings is 2. The van der Waals surface area contributed by atoms with E-state index in [1.54, 1.807) is 42.6 Å². The van der Waals surface area contributed by atoms with E-state index in [2.05, 4.69) is 28.1 Å². The molecule has 15 nitrogen and oxygen atoms in total. The molecule has 19 heteroatoms. The normalized spacial score (nSPS) is 26.7. The standard InChI is InChI=1S/C52H57F2N5O6.C37H34F2N4/c1-27(2)38(23-45(60)64-5)48(61)59-35-11-7-32(18-35)47(59)43-21-33-17-29(10-14-41(33)56-43)30-8-12-36-37-13-9-31(20-40(37)52(53,54)39(36)19-30)34-22-42(55-25-34)44-24-51(15-16-51)26-58(44)49(62)46(28(3)4)57-50(63)65-6;38-37(39)29-13-21(20-4-8-31-24(11-20)15-33(43-31)35-23-1-5-26(12-23)42-35)2-6-27(29)28-7-3-22(14-30(28)37)25-16-32(40-18-25)34-17-36(9-10-36)19-41-34/h8-10,12-14,17,19-20,25,27-28,32,35,38,44,46-47H,7,11,15-16,18,21-24,26H2,1-6H3,(H,57,63);2-4,6-8,11,13-14,18,23,26,34-35,41-42H,1,5,9-10,12,15-17,19H2/t32-,35+,38-,44-,46-,47-;23-,26+,34-,35-/m00/s1. The molecule has 6 aromatic carbocycles. The Kier molecular flexibility index (Phi) is 16.5. The fraction of sp³-hybridized carbons (Fsp3) is 0.461. The van der Waals surface area contributed by atoms with Crippen LogP contribution in [0.3, 0.4) is 0 Å². The second kappa shape index (κ2) is 25.7. The van der Waals surface area contributed by atoms with Crippen LogP contribution >= 0.6 is 0 Å². The van der Waals surface area contributed by atoms with Gasteiger partial charge >= 0.3 is 12.1 Å². The number of amides is 3. The van der Waals surface area contributed by atoms with Crippen LogP contribution in [-0.2, 0) is 48.5 Å². The summed E-state index contributed by atoms with van der Waals surface area (Å²) in [5.41, 5.74) is 17.9. The van der Waals surface area contributed by atoms with Crippen molar-refractivity contribution in [2.24, 2.45) is 60.4 Å². The van der Waals surface area contributed by atoms with Gasteiger partial charge in [-0.3, -0.25) is 34.4 Å². The van der Waals surface area contributed by atoms with Crippen molar-refractivity contribution in [2.45, 2.75) is 191 Å². The van der Waals surface area contributed by atoms with Gasteiger partial charge in [0.05, 0.1) is 50.0 Å². The number of hydrogen-bond donors (Lipinski definition) is 3. The molecule has 0 aromatic heterocycles. The Morgan fingerprint density at radius 3 is 1.64 bits per heavy atom. The number of carbonyl (C=O) groups excluding carboxylic acids is 4. The smallest absolute Gasteiger partial charge is 0.407 e. The number of esters is 1. The minimum atomic E-state index is -3.24. The number of hydrogen-bond acceptors (Lipinski definition) is 12. The number of allylic oxidation sites excluding steroid dienone is 2. The van der Waals surface area contributed by atoms with E-state index in [9.17, 15) is 19.2 Å². The molecule has 0 radical (unpaired) electrons. The molecular weight excluding hydrogens is 1370 g/mol. The Balaban J connectivity index is 0.000000159. The lowest BCUT2D eigenvalue weighted by molar-refractivity contribution is -0.149. The number of carbonyl (C=O) groups is 4. The number of benzene rings is 6. The molecular formula is C89H91F4N9O6. The lowest BCUT2D eigenvalue weighted by Crippen LogP contribution is -2.53. The van der Waals surface area contributed by atoms with Gasteiger partial charge in [-0.2, -0.15) is 17.6 Å². The number of aliphatic imine (C=N–C) groups is 4. The maximum Gasteiger partial charge on any atom is 0.407 e. The predicted molar refractivity (Wildman–Crippen MR) is 411 cm³/mol. The summed E-state index contributed by atoms with van der Waals surface area (Å²) in [6.45, 7) is 9.41. The first kappa shape index (κ1) is 69.3. The van der Waals surface area contributed by atoms with Gasteiger partial charge in [0.2, 0.25) is 11.8 Å². The van der Waals surface area contributed by atoms with Crippen LogP contribution in [0.5, 0.6) is 0 Å². The first-order valence-electron chi connectivity index (χ1n) is 39.3. The highest BCUT2D eigenvalue weighted by Crippen LogP contribution is 2.59. The first-order chi connectivity index (χ1) is 52.0. The summed E-state index contributed by atoms with van der Waals surface area (Å²) in [6.07, 6.45) is 19.0. The van der Waals surface area contributed by atoms with Crippen molar-refractivity contribution in [1.82, 2.24) is 25.8 Å². The Morgan fingerprint density at radius 1 is 0.565 bits per heavy atom. The lowest BCUT2D eigenvalue weighted by atomic mass is 9.87. The van der Waals surface area contributed by atoms with Crippen LogP contribution in [0.1, 0.15) is 169 Å². The number of likely N-dealkylation sites (tertiary alicyclic amines) is 2. The van der Waals surface area contributed by atoms with Gasteiger partial charge < -0.3 is 35.2 Å². The van der Waals surface area contributed by atoms with Gasteiger partial charge in [0.15, 0.2) is 0 Å². The molecule has 3 amide bonds. The van der Waals surface area contributed by atoms with Crippen molar-refractivity contribution in [2.75, 3.05) is 27.3 Å². The van der Waals surface area contributed by atoms with Gasteiger partial charge in [-0.15, -0.1) is 0 Å². The molecule has 10 atom stereocenters. The minimum Gasteiger partial charge on any atom is -0.469 e. The fourth-order valence-electron chi connectivity index (χ4n) is 20.8. The molecule has 0 unspecified atom stereocenters. The molecule has 20 rings (SSSR count). The second-order valence-electron chi connectivity index (χ2n) is 34.5. The third-order valence-corrected chi connectivity index (χ3v) is 27.2. The fourth-order valence-corrected chi connectivity index (χ4v) is 20.8. The SMILES string of the molecule is COC(=O)C[C@H](C(=O)N1[C@@H]2CC[C@@H](C2)[C@H]1C1=Nc2ccc(-c3ccc4c(c3)C(F)(F)c3cc(C5=CN=C([C@@H]6CC7(CC7)CN6C(=O)[C@@H](NC(=O)OC)C(C)C)C5)ccc3-4)cc2C1)C(C)C.FC1(F)c2cc(C3=CN=C([C@@H]4CC5(CC5)CN4)C3)ccc2-c2ccc(-c3ccc4c(c3)CC([C@H]3N[C@@H]5CC[C@H]3C5)=N4)cc21. The van der Waals surface area contributed by atoms with E-state index < -0.39 is 29.9 Å². The zero-order chi connectivity index (χ0) is 74.2. The Morgan fingerprint density at radius 2 is 1.10 bits per heavy atom. The largest absolute Gasteiger partial charge is 0.469 e. The Hall–Kier alpha value is -9.20. The number of nitrogens with zero attached hydrogens (tertiary/aromatic N) is 6. The quantitative estimate of drug-likeness (QED) is 0.0671. The topological polar surface area (TPSA) is 179 Å². The lowest BCUT2D eigenvalue weighted by Gasteiger charge is -2.38. The van der Waals surface area contributed by atoms with Crippen molar-refractivity contribution in [3.8, 4) is 44.5 Å². The maximum atomic E-state index is 16.7. The van der Waals surface area contributed by atoms with Gasteiger partial charge in [0.1, 0.15) is 6.04 Å². The molecule has 14 aliphatic rings. The summed E-state index contributed by atoms with van der Waals surface area (Å²) in [4.78, 5) is 76.2. The molecule has 4 saturated heterocycles. The number of halogens is 4. The molecule has 8 heterocycles. The van der Waals surface area contributed by atoms with Crippen molar-refractivity contribution in [3.05, 3.63) is 166 Å². The summed E-state index contributed by atoms with van der Waals surface area (Å²) in [6, 6.07) is 34.4. The van der Waals surface area contributed by atoms with E-state index in [0.717, 1.165) is 132 Å². The highest BCUT2D eigenvalue weighted by molar-refractivity contribution is 6.06. The van der Waals surface area contributed by atoms with Crippen LogP contribution < -0.4 is 16.0 Å². The van der Waals surface area contributed by atoms with Gasteiger partial charge in [0.25, 0.3) is 11.8 Å². The van der Waals surface area contributed by atoms with Crippen molar-refractivity contribution >= 4 is 69.2 Å². The van der Waals surface area contributed by atoms with Crippen molar-refractivity contribution in [1.29, 1.82) is 0 Å². The third-order valence-electron chi connectivity index (χ3n) is 27.2. The van der Waals surface area contributed by atoms with Crippen LogP contribution in [-0.4, -0.2) is 126 Å². The molecule has 108 heavy (non-hydrogen) atoms. The number of alkyl carbamates (subject to hydrolysis) is 1. The maximum absolute atomic E-state index is 16.7. The van der Waals surface area contributed by atoms with Crippen LogP contribution in [0, 0.1) is 40.4 Å². The average Bonchev–Trinajstić information content (AvgIpc) is 1.69. The molecule has 8 fully saturated rings. The van der Waals surface area contributed by atoms with Gasteiger partial charge in [-0.1, -0.05) is 88.4 Å². The molecule has 556 valence electrons. The summed E-state index contributed by atoms with van der Waals surface area (Å²) < 4.78 is 75.5. The Labute approximate surface area is 627 Å². The van der Waals surface area contributed by atoms with Crippen molar-refractivity contribution < 1.29 is 46.2 Å². The predicted octanol–water partition coefficient (Wildman–Crippen LogP) is 16.8. The summed E-state index contributed by atoms with van der Waals surface area (Å²) >= 11 is 0. The van der Waals surface area contributed by atoms with E-state index in [-0.39, 0.29) is 81.8 Å². The van der Waals surface area contributed by atoms with Crippen molar-refractivity contribution in [3.63, 3.8) is 0 Å². The van der Waals surface area contributed by atoms with Gasteiger partial charge in [-0.05, 0) is 238 Å². The molecule has 6 aliphatic carbocycles. The third kappa shape index (κ3) is 11.7. The summed E-state index contributed by atoms with van der Waals surface area (Å²) in [5, 5.41) is 10.1. The van der Waals surface area contributed by atoms with E-state index in [1.807, 2.05) is 104 Å². The summed E-state index contributed by atoms with van der Waals surface area (Å²) in [5.74, 6) is -6.48. The summed E-state index contributed by atoms with van der Waals surface area (Å²) in [7, 11) is 2.63.